The van der Waals surface area contributed by atoms with Gasteiger partial charge >= 0.3 is 0 Å². The topological polar surface area (TPSA) is 138 Å². The summed E-state index contributed by atoms with van der Waals surface area (Å²) in [6, 6.07) is 30.3. The van der Waals surface area contributed by atoms with E-state index in [-0.39, 0.29) is 25.5 Å². The Morgan fingerprint density at radius 1 is 1.04 bits per heavy atom. The Hall–Kier alpha value is -4.83. The van der Waals surface area contributed by atoms with E-state index >= 15 is 0 Å². The smallest absolute Gasteiger partial charge is 0.252 e. The minimum Gasteiger partial charge on any atom is -0.497 e. The molecule has 10 nitrogen and oxygen atoms in total. The Balaban J connectivity index is 1.55. The summed E-state index contributed by atoms with van der Waals surface area (Å²) in [6.07, 6.45) is 0.533. The summed E-state index contributed by atoms with van der Waals surface area (Å²) in [6.45, 7) is 0.899. The maximum absolute atomic E-state index is 14.6. The predicted octanol–water partition coefficient (Wildman–Crippen LogP) is 6.89. The first-order valence-electron chi connectivity index (χ1n) is 15.3. The van der Waals surface area contributed by atoms with Crippen molar-refractivity contribution in [3.63, 3.8) is 0 Å². The first kappa shape index (κ1) is 33.5. The van der Waals surface area contributed by atoms with E-state index in [2.05, 4.69) is 31.3 Å². The highest BCUT2D eigenvalue weighted by Gasteiger charge is 2.53. The molecule has 1 heterocycles. The summed E-state index contributed by atoms with van der Waals surface area (Å²) in [5, 5.41) is 16.1. The molecule has 1 aliphatic heterocycles. The summed E-state index contributed by atoms with van der Waals surface area (Å²) < 4.78 is 18.7. The van der Waals surface area contributed by atoms with Crippen molar-refractivity contribution in [2.45, 2.75) is 37.5 Å². The number of benzene rings is 4. The van der Waals surface area contributed by atoms with Crippen molar-refractivity contribution in [2.75, 3.05) is 26.9 Å². The number of aliphatic hydroxyl groups is 1. The van der Waals surface area contributed by atoms with Crippen molar-refractivity contribution in [3.8, 4) is 11.5 Å². The highest BCUT2D eigenvalue weighted by atomic mass is 79.9. The van der Waals surface area contributed by atoms with Crippen LogP contribution in [0.4, 0.5) is 0 Å². The van der Waals surface area contributed by atoms with Crippen molar-refractivity contribution in [1.29, 1.82) is 0 Å². The number of aliphatic hydroxyl groups excluding tert-OH is 1. The van der Waals surface area contributed by atoms with Gasteiger partial charge in [0, 0.05) is 40.9 Å². The van der Waals surface area contributed by atoms with E-state index in [4.69, 9.17) is 29.8 Å². The van der Waals surface area contributed by atoms with E-state index in [9.17, 15) is 4.79 Å². The molecule has 0 radical (unpaired) electrons. The molecule has 4 aromatic rings. The molecule has 0 unspecified atom stereocenters. The molecular formula is C36H36BrN5O5. The summed E-state index contributed by atoms with van der Waals surface area (Å²) >= 11 is 3.51. The highest BCUT2D eigenvalue weighted by molar-refractivity contribution is 9.10. The Bertz CT molecular complexity index is 1740. The van der Waals surface area contributed by atoms with Gasteiger partial charge in [0.1, 0.15) is 11.5 Å². The van der Waals surface area contributed by atoms with Crippen LogP contribution in [-0.2, 0) is 28.9 Å². The fourth-order valence-corrected chi connectivity index (χ4v) is 5.78. The van der Waals surface area contributed by atoms with Gasteiger partial charge in [0.05, 0.1) is 20.3 Å². The molecule has 0 fully saturated rings. The van der Waals surface area contributed by atoms with Gasteiger partial charge in [0.25, 0.3) is 5.91 Å². The third-order valence-electron chi connectivity index (χ3n) is 7.89. The lowest BCUT2D eigenvalue weighted by molar-refractivity contribution is -0.128. The van der Waals surface area contributed by atoms with Gasteiger partial charge in [0.15, 0.2) is 11.6 Å². The normalized spacial score (nSPS) is 16.8. The second-order valence-corrected chi connectivity index (χ2v) is 12.0. The predicted molar refractivity (Wildman–Crippen MR) is 184 cm³/mol. The van der Waals surface area contributed by atoms with Gasteiger partial charge in [-0.1, -0.05) is 69.6 Å². The molecule has 2 N–H and O–H groups in total. The Kier molecular flexibility index (Phi) is 11.5. The number of rotatable bonds is 15. The summed E-state index contributed by atoms with van der Waals surface area (Å²) in [5.74, 6) is 1.43. The molecule has 0 aliphatic carbocycles. The van der Waals surface area contributed by atoms with E-state index in [1.165, 1.54) is 0 Å². The fraction of sp³-hybridized carbons (Fsp3) is 0.278. The number of hydrogen-bond acceptors (Lipinski definition) is 7. The van der Waals surface area contributed by atoms with Crippen molar-refractivity contribution >= 4 is 27.7 Å². The Morgan fingerprint density at radius 3 is 2.57 bits per heavy atom. The number of halogens is 1. The van der Waals surface area contributed by atoms with Crippen LogP contribution in [0.3, 0.4) is 0 Å². The van der Waals surface area contributed by atoms with Gasteiger partial charge < -0.3 is 24.6 Å². The van der Waals surface area contributed by atoms with Crippen molar-refractivity contribution in [3.05, 3.63) is 140 Å². The van der Waals surface area contributed by atoms with E-state index in [1.54, 1.807) is 7.11 Å². The zero-order chi connectivity index (χ0) is 33.1. The number of carbonyl (C=O) groups excluding carboxylic acids is 1. The van der Waals surface area contributed by atoms with Crippen LogP contribution >= 0.6 is 15.9 Å². The van der Waals surface area contributed by atoms with Crippen LogP contribution < -0.4 is 14.8 Å². The molecule has 0 aromatic heterocycles. The zero-order valence-electron chi connectivity index (χ0n) is 26.0. The number of amides is 1. The molecule has 1 amide bonds. The van der Waals surface area contributed by atoms with Gasteiger partial charge in [-0.15, -0.1) is 0 Å². The molecule has 0 saturated heterocycles. The molecule has 242 valence electrons. The largest absolute Gasteiger partial charge is 0.497 e. The lowest BCUT2D eigenvalue weighted by Crippen LogP contribution is -2.50. The SMILES string of the molecule is COc1cccc(CCNC(=O)[C@]2(Cc3ccc(Br)cc3)N=C(c3ccc(OCCCO)cc3)O[C@@H]2c2ccccc2CN=[N+]=[N-])c1. The molecule has 0 spiro atoms. The molecule has 11 heteroatoms. The van der Waals surface area contributed by atoms with Crippen molar-refractivity contribution in [1.82, 2.24) is 5.32 Å². The van der Waals surface area contributed by atoms with E-state index in [0.29, 0.717) is 48.8 Å². The van der Waals surface area contributed by atoms with E-state index < -0.39 is 11.6 Å². The lowest BCUT2D eigenvalue weighted by Gasteiger charge is -2.32. The number of nitrogens with one attached hydrogen (secondary N) is 1. The van der Waals surface area contributed by atoms with Gasteiger partial charge in [-0.05, 0) is 82.7 Å². The molecule has 5 rings (SSSR count). The number of azide groups is 1. The number of ether oxygens (including phenoxy) is 3. The van der Waals surface area contributed by atoms with Crippen LogP contribution in [0.15, 0.2) is 112 Å². The minimum absolute atomic E-state index is 0.0489. The zero-order valence-corrected chi connectivity index (χ0v) is 27.6. The third-order valence-corrected chi connectivity index (χ3v) is 8.42. The van der Waals surface area contributed by atoms with Gasteiger partial charge in [-0.25, -0.2) is 4.99 Å². The number of methoxy groups -OCH3 is 1. The van der Waals surface area contributed by atoms with E-state index in [1.807, 2.05) is 97.1 Å². The Morgan fingerprint density at radius 2 is 1.83 bits per heavy atom. The minimum atomic E-state index is -1.40. The highest BCUT2D eigenvalue weighted by Crippen LogP contribution is 2.44. The molecule has 47 heavy (non-hydrogen) atoms. The second-order valence-electron chi connectivity index (χ2n) is 11.0. The molecular weight excluding hydrogens is 662 g/mol. The van der Waals surface area contributed by atoms with Crippen LogP contribution in [0.2, 0.25) is 0 Å². The van der Waals surface area contributed by atoms with Gasteiger partial charge in [0.2, 0.25) is 5.90 Å². The van der Waals surface area contributed by atoms with Crippen LogP contribution in [0.25, 0.3) is 10.4 Å². The number of aliphatic imine (C=N–C) groups is 1. The summed E-state index contributed by atoms with van der Waals surface area (Å²) in [7, 11) is 1.63. The van der Waals surface area contributed by atoms with Crippen LogP contribution in [-0.4, -0.2) is 49.3 Å². The van der Waals surface area contributed by atoms with Crippen LogP contribution in [0.1, 0.15) is 40.3 Å². The maximum Gasteiger partial charge on any atom is 0.252 e. The maximum atomic E-state index is 14.6. The first-order valence-corrected chi connectivity index (χ1v) is 16.1. The average Bonchev–Trinajstić information content (AvgIpc) is 3.49. The molecule has 0 saturated carbocycles. The third kappa shape index (κ3) is 8.31. The number of nitrogens with zero attached hydrogens (tertiary/aromatic N) is 4. The number of hydrogen-bond donors (Lipinski definition) is 2. The molecule has 4 aromatic carbocycles. The lowest BCUT2D eigenvalue weighted by atomic mass is 9.80. The summed E-state index contributed by atoms with van der Waals surface area (Å²) in [5.41, 5.74) is 11.8. The molecule has 0 bridgehead atoms. The van der Waals surface area contributed by atoms with Crippen LogP contribution in [0.5, 0.6) is 11.5 Å². The van der Waals surface area contributed by atoms with Gasteiger partial charge in [-0.3, -0.25) is 4.79 Å². The van der Waals surface area contributed by atoms with Gasteiger partial charge in [-0.2, -0.15) is 0 Å². The summed E-state index contributed by atoms with van der Waals surface area (Å²) in [4.78, 5) is 22.7. The first-order chi connectivity index (χ1) is 23.0. The monoisotopic (exact) mass is 697 g/mol. The second kappa shape index (κ2) is 16.1. The van der Waals surface area contributed by atoms with Crippen molar-refractivity contribution in [2.24, 2.45) is 10.1 Å². The average molecular weight is 699 g/mol. The number of carbonyl (C=O) groups is 1. The molecule has 1 aliphatic rings. The standard InChI is InChI=1S/C36H36BrN5O5/c1-45-31-8-4-6-25(22-31)18-19-39-35(44)36(23-26-10-14-29(37)15-11-26)33(32-9-3-2-7-28(32)24-40-42-38)47-34(41-36)27-12-16-30(17-13-27)46-21-5-20-43/h2-4,6-17,22,33,43H,5,18-21,23-24H2,1H3,(H,39,44)/t33-,36-/m1/s1. The Labute approximate surface area is 282 Å². The van der Waals surface area contributed by atoms with Crippen LogP contribution in [0, 0.1) is 0 Å². The quantitative estimate of drug-likeness (QED) is 0.0603. The fourth-order valence-electron chi connectivity index (χ4n) is 5.52. The van der Waals surface area contributed by atoms with Crippen molar-refractivity contribution < 1.29 is 24.1 Å². The van der Waals surface area contributed by atoms with E-state index in [0.717, 1.165) is 26.9 Å². The molecule has 2 atom stereocenters.